The van der Waals surface area contributed by atoms with Gasteiger partial charge in [0.05, 0.1) is 0 Å². The quantitative estimate of drug-likeness (QED) is 0.770. The van der Waals surface area contributed by atoms with Crippen molar-refractivity contribution in [3.63, 3.8) is 0 Å². The number of hydrogen-bond acceptors (Lipinski definition) is 1. The SMILES string of the molecule is CC[C@]1(N[C@@]2(CC)C=CC=CC2)C=CC=CC1. The fraction of sp³-hybridized carbons (Fsp3) is 0.500. The molecule has 0 unspecified atom stereocenters. The lowest BCUT2D eigenvalue weighted by atomic mass is 9.81. The van der Waals surface area contributed by atoms with Crippen LogP contribution < -0.4 is 5.32 Å². The second kappa shape index (κ2) is 5.05. The lowest BCUT2D eigenvalue weighted by molar-refractivity contribution is 0.269. The molecule has 17 heavy (non-hydrogen) atoms. The molecule has 2 rings (SSSR count). The van der Waals surface area contributed by atoms with E-state index < -0.39 is 0 Å². The lowest BCUT2D eigenvalue weighted by Gasteiger charge is -2.43. The summed E-state index contributed by atoms with van der Waals surface area (Å²) in [6, 6.07) is 0. The van der Waals surface area contributed by atoms with Gasteiger partial charge in [-0.05, 0) is 25.7 Å². The van der Waals surface area contributed by atoms with Crippen molar-refractivity contribution in [3.8, 4) is 0 Å². The van der Waals surface area contributed by atoms with Crippen molar-refractivity contribution < 1.29 is 0 Å². The molecule has 0 spiro atoms. The highest BCUT2D eigenvalue weighted by molar-refractivity contribution is 5.27. The van der Waals surface area contributed by atoms with Crippen LogP contribution in [0.1, 0.15) is 39.5 Å². The molecule has 0 heterocycles. The van der Waals surface area contributed by atoms with E-state index in [0.29, 0.717) is 0 Å². The molecule has 1 N–H and O–H groups in total. The molecular weight excluding hydrogens is 206 g/mol. The van der Waals surface area contributed by atoms with E-state index in [1.165, 1.54) is 0 Å². The molecule has 2 atom stereocenters. The van der Waals surface area contributed by atoms with Gasteiger partial charge in [-0.1, -0.05) is 62.5 Å². The van der Waals surface area contributed by atoms with Crippen molar-refractivity contribution in [1.82, 2.24) is 5.32 Å². The average Bonchev–Trinajstić information content (AvgIpc) is 2.41. The maximum atomic E-state index is 3.91. The Bertz CT molecular complexity index is 339. The van der Waals surface area contributed by atoms with Gasteiger partial charge in [0.25, 0.3) is 0 Å². The van der Waals surface area contributed by atoms with Gasteiger partial charge >= 0.3 is 0 Å². The summed E-state index contributed by atoms with van der Waals surface area (Å²) in [6.07, 6.45) is 22.3. The van der Waals surface area contributed by atoms with Gasteiger partial charge in [0, 0.05) is 11.1 Å². The van der Waals surface area contributed by atoms with E-state index in [0.717, 1.165) is 25.7 Å². The van der Waals surface area contributed by atoms with Crippen LogP contribution in [0.2, 0.25) is 0 Å². The van der Waals surface area contributed by atoms with Crippen molar-refractivity contribution >= 4 is 0 Å². The van der Waals surface area contributed by atoms with Crippen LogP contribution in [0, 0.1) is 0 Å². The Kier molecular flexibility index (Phi) is 3.68. The molecule has 0 radical (unpaired) electrons. The molecule has 0 aromatic rings. The minimum Gasteiger partial charge on any atom is -0.298 e. The van der Waals surface area contributed by atoms with Crippen molar-refractivity contribution in [2.45, 2.75) is 50.6 Å². The van der Waals surface area contributed by atoms with Gasteiger partial charge in [-0.3, -0.25) is 5.32 Å². The molecule has 0 bridgehead atoms. The predicted molar refractivity (Wildman–Crippen MR) is 75.0 cm³/mol. The van der Waals surface area contributed by atoms with Gasteiger partial charge in [-0.15, -0.1) is 0 Å². The summed E-state index contributed by atoms with van der Waals surface area (Å²) in [4.78, 5) is 0. The van der Waals surface area contributed by atoms with E-state index >= 15 is 0 Å². The van der Waals surface area contributed by atoms with E-state index in [9.17, 15) is 0 Å². The highest BCUT2D eigenvalue weighted by Crippen LogP contribution is 2.30. The summed E-state index contributed by atoms with van der Waals surface area (Å²) in [7, 11) is 0. The van der Waals surface area contributed by atoms with Gasteiger partial charge in [-0.25, -0.2) is 0 Å². The normalized spacial score (nSPS) is 35.4. The van der Waals surface area contributed by atoms with Gasteiger partial charge in [0.1, 0.15) is 0 Å². The third-order valence-corrected chi connectivity index (χ3v) is 4.05. The second-order valence-corrected chi connectivity index (χ2v) is 5.13. The molecule has 92 valence electrons. The summed E-state index contributed by atoms with van der Waals surface area (Å²) in [5.74, 6) is 0. The zero-order chi connectivity index (χ0) is 12.2. The Morgan fingerprint density at radius 3 is 1.59 bits per heavy atom. The molecule has 0 saturated heterocycles. The summed E-state index contributed by atoms with van der Waals surface area (Å²) < 4.78 is 0. The Morgan fingerprint density at radius 1 is 0.824 bits per heavy atom. The van der Waals surface area contributed by atoms with Crippen LogP contribution in [0.25, 0.3) is 0 Å². The van der Waals surface area contributed by atoms with E-state index in [-0.39, 0.29) is 11.1 Å². The van der Waals surface area contributed by atoms with Crippen LogP contribution in [0.3, 0.4) is 0 Å². The Morgan fingerprint density at radius 2 is 1.29 bits per heavy atom. The van der Waals surface area contributed by atoms with E-state index in [2.05, 4.69) is 67.8 Å². The third-order valence-electron chi connectivity index (χ3n) is 4.05. The van der Waals surface area contributed by atoms with Crippen LogP contribution in [-0.2, 0) is 0 Å². The summed E-state index contributed by atoms with van der Waals surface area (Å²) in [5.41, 5.74) is 0.278. The average molecular weight is 229 g/mol. The molecule has 0 aliphatic heterocycles. The maximum absolute atomic E-state index is 3.91. The van der Waals surface area contributed by atoms with Gasteiger partial charge in [0.15, 0.2) is 0 Å². The number of hydrogen-bond donors (Lipinski definition) is 1. The molecular formula is C16H23N. The molecule has 1 nitrogen and oxygen atoms in total. The Labute approximate surface area is 105 Å². The first-order valence-electron chi connectivity index (χ1n) is 6.72. The molecule has 0 aromatic heterocycles. The molecule has 0 aromatic carbocycles. The van der Waals surface area contributed by atoms with Gasteiger partial charge in [0.2, 0.25) is 0 Å². The zero-order valence-electron chi connectivity index (χ0n) is 10.9. The standard InChI is InChI=1S/C16H23N/c1-3-15(11-7-5-8-12-15)17-16(4-2)13-9-6-10-14-16/h5-11,13,17H,3-4,12,14H2,1-2H3/t15-,16-/m0/s1. The first-order valence-corrected chi connectivity index (χ1v) is 6.72. The van der Waals surface area contributed by atoms with Gasteiger partial charge < -0.3 is 0 Å². The monoisotopic (exact) mass is 229 g/mol. The molecule has 2 aliphatic rings. The lowest BCUT2D eigenvalue weighted by Crippen LogP contribution is -2.56. The number of rotatable bonds is 4. The molecule has 1 heteroatoms. The van der Waals surface area contributed by atoms with Crippen molar-refractivity contribution in [2.75, 3.05) is 0 Å². The zero-order valence-corrected chi connectivity index (χ0v) is 10.9. The Hall–Kier alpha value is -1.08. The van der Waals surface area contributed by atoms with E-state index in [1.54, 1.807) is 0 Å². The molecule has 0 fully saturated rings. The third kappa shape index (κ3) is 2.61. The largest absolute Gasteiger partial charge is 0.298 e. The fourth-order valence-electron chi connectivity index (χ4n) is 2.71. The van der Waals surface area contributed by atoms with E-state index in [4.69, 9.17) is 0 Å². The topological polar surface area (TPSA) is 12.0 Å². The highest BCUT2D eigenvalue weighted by atomic mass is 15.0. The molecule has 0 amide bonds. The van der Waals surface area contributed by atoms with Gasteiger partial charge in [-0.2, -0.15) is 0 Å². The van der Waals surface area contributed by atoms with Crippen molar-refractivity contribution in [2.24, 2.45) is 0 Å². The van der Waals surface area contributed by atoms with Crippen LogP contribution in [-0.4, -0.2) is 11.1 Å². The first-order chi connectivity index (χ1) is 8.24. The predicted octanol–water partition coefficient (Wildman–Crippen LogP) is 3.91. The smallest absolute Gasteiger partial charge is 0.0406 e. The second-order valence-electron chi connectivity index (χ2n) is 5.13. The summed E-state index contributed by atoms with van der Waals surface area (Å²) in [6.45, 7) is 4.53. The number of allylic oxidation sites excluding steroid dienone is 4. The summed E-state index contributed by atoms with van der Waals surface area (Å²) >= 11 is 0. The van der Waals surface area contributed by atoms with E-state index in [1.807, 2.05) is 0 Å². The number of nitrogens with one attached hydrogen (secondary N) is 1. The molecule has 2 aliphatic carbocycles. The molecule has 0 saturated carbocycles. The summed E-state index contributed by atoms with van der Waals surface area (Å²) in [5, 5.41) is 3.91. The minimum absolute atomic E-state index is 0.139. The fourth-order valence-corrected chi connectivity index (χ4v) is 2.71. The van der Waals surface area contributed by atoms with Crippen molar-refractivity contribution in [1.29, 1.82) is 0 Å². The van der Waals surface area contributed by atoms with Crippen LogP contribution in [0.5, 0.6) is 0 Å². The van der Waals surface area contributed by atoms with Crippen LogP contribution in [0.4, 0.5) is 0 Å². The maximum Gasteiger partial charge on any atom is 0.0406 e. The van der Waals surface area contributed by atoms with Crippen LogP contribution in [0.15, 0.2) is 48.6 Å². The first kappa shape index (κ1) is 12.4. The van der Waals surface area contributed by atoms with Crippen molar-refractivity contribution in [3.05, 3.63) is 48.6 Å². The van der Waals surface area contributed by atoms with Crippen LogP contribution >= 0.6 is 0 Å². The highest BCUT2D eigenvalue weighted by Gasteiger charge is 2.34. The Balaban J connectivity index is 2.17. The minimum atomic E-state index is 0.139.